The van der Waals surface area contributed by atoms with E-state index < -0.39 is 11.6 Å². The van der Waals surface area contributed by atoms with Crippen LogP contribution in [0.1, 0.15) is 43.6 Å². The third-order valence-corrected chi connectivity index (χ3v) is 5.78. The molecule has 0 N–H and O–H groups in total. The highest BCUT2D eigenvalue weighted by Crippen LogP contribution is 2.38. The minimum atomic E-state index is -0.936. The molecule has 0 atom stereocenters. The summed E-state index contributed by atoms with van der Waals surface area (Å²) in [6.07, 6.45) is 6.23. The molecule has 0 unspecified atom stereocenters. The van der Waals surface area contributed by atoms with Gasteiger partial charge in [0.15, 0.2) is 11.6 Å². The average Bonchev–Trinajstić information content (AvgIpc) is 2.65. The zero-order valence-corrected chi connectivity index (χ0v) is 16.0. The lowest BCUT2D eigenvalue weighted by Crippen LogP contribution is -2.13. The van der Waals surface area contributed by atoms with Gasteiger partial charge in [-0.05, 0) is 67.2 Å². The van der Waals surface area contributed by atoms with Crippen LogP contribution in [0.5, 0.6) is 5.75 Å². The molecule has 0 bridgehead atoms. The van der Waals surface area contributed by atoms with E-state index >= 15 is 0 Å². The first-order valence-corrected chi connectivity index (χ1v) is 9.94. The molecule has 0 heterocycles. The van der Waals surface area contributed by atoms with Gasteiger partial charge in [-0.15, -0.1) is 0 Å². The molecule has 0 aromatic heterocycles. The number of benzene rings is 2. The van der Waals surface area contributed by atoms with Gasteiger partial charge >= 0.3 is 0 Å². The summed E-state index contributed by atoms with van der Waals surface area (Å²) in [5.41, 5.74) is 2.26. The minimum absolute atomic E-state index is 0.0712. The highest BCUT2D eigenvalue weighted by atomic mass is 79.9. The van der Waals surface area contributed by atoms with Gasteiger partial charge in [0.05, 0.1) is 7.11 Å². The van der Waals surface area contributed by atoms with Crippen molar-refractivity contribution in [1.82, 2.24) is 0 Å². The molecular formula is C21H23BrF2O. The zero-order chi connectivity index (χ0) is 17.8. The number of halogens is 3. The van der Waals surface area contributed by atoms with Crippen molar-refractivity contribution in [1.29, 1.82) is 0 Å². The Balaban J connectivity index is 1.74. The number of ether oxygens (including phenoxy) is 1. The molecule has 3 rings (SSSR count). The first-order valence-electron chi connectivity index (χ1n) is 8.82. The van der Waals surface area contributed by atoms with Crippen LogP contribution in [0.15, 0.2) is 36.4 Å². The van der Waals surface area contributed by atoms with Gasteiger partial charge < -0.3 is 4.74 Å². The number of methoxy groups -OCH3 is 1. The van der Waals surface area contributed by atoms with Crippen LogP contribution in [0.2, 0.25) is 0 Å². The highest BCUT2D eigenvalue weighted by molar-refractivity contribution is 9.09. The summed E-state index contributed by atoms with van der Waals surface area (Å²) in [6, 6.07) is 10.9. The fourth-order valence-electron chi connectivity index (χ4n) is 3.79. The van der Waals surface area contributed by atoms with Crippen LogP contribution >= 0.6 is 15.9 Å². The molecule has 0 amide bonds. The Morgan fingerprint density at radius 3 is 2.24 bits per heavy atom. The van der Waals surface area contributed by atoms with Crippen LogP contribution in [-0.2, 0) is 0 Å². The topological polar surface area (TPSA) is 9.23 Å². The second-order valence-corrected chi connectivity index (χ2v) is 7.55. The van der Waals surface area contributed by atoms with E-state index in [-0.39, 0.29) is 11.3 Å². The predicted molar refractivity (Wildman–Crippen MR) is 101 cm³/mol. The molecule has 4 heteroatoms. The highest BCUT2D eigenvalue weighted by Gasteiger charge is 2.22. The van der Waals surface area contributed by atoms with E-state index in [1.165, 1.54) is 50.8 Å². The molecule has 0 spiro atoms. The van der Waals surface area contributed by atoms with E-state index in [2.05, 4.69) is 28.1 Å². The molecule has 2 aromatic rings. The van der Waals surface area contributed by atoms with Crippen molar-refractivity contribution in [3.8, 4) is 16.9 Å². The van der Waals surface area contributed by atoms with Crippen LogP contribution in [0.3, 0.4) is 0 Å². The van der Waals surface area contributed by atoms with Gasteiger partial charge in [-0.25, -0.2) is 4.39 Å². The van der Waals surface area contributed by atoms with E-state index in [9.17, 15) is 8.78 Å². The molecule has 1 aliphatic rings. The van der Waals surface area contributed by atoms with Gasteiger partial charge in [0.25, 0.3) is 0 Å². The van der Waals surface area contributed by atoms with Crippen molar-refractivity contribution in [2.75, 3.05) is 12.4 Å². The van der Waals surface area contributed by atoms with E-state index in [1.807, 2.05) is 12.1 Å². The summed E-state index contributed by atoms with van der Waals surface area (Å²) in [4.78, 5) is 0. The summed E-state index contributed by atoms with van der Waals surface area (Å²) >= 11 is 3.53. The van der Waals surface area contributed by atoms with Crippen molar-refractivity contribution in [3.05, 3.63) is 53.6 Å². The SMILES string of the molecule is COc1ccc(-c2ccc(C3CCC(CCBr)CC3)cc2)c(F)c1F. The standard InChI is InChI=1S/C21H23BrF2O/c1-25-19-11-10-18(20(23)21(19)24)17-8-6-16(7-9-17)15-4-2-14(3-5-15)12-13-22/h6-11,14-15H,2-5,12-13H2,1H3. The van der Waals surface area contributed by atoms with Crippen LogP contribution in [0, 0.1) is 17.6 Å². The number of hydrogen-bond acceptors (Lipinski definition) is 1. The predicted octanol–water partition coefficient (Wildman–Crippen LogP) is 6.70. The zero-order valence-electron chi connectivity index (χ0n) is 14.4. The average molecular weight is 409 g/mol. The largest absolute Gasteiger partial charge is 0.494 e. The summed E-state index contributed by atoms with van der Waals surface area (Å²) < 4.78 is 33.0. The smallest absolute Gasteiger partial charge is 0.201 e. The maximum absolute atomic E-state index is 14.2. The quantitative estimate of drug-likeness (QED) is 0.500. The van der Waals surface area contributed by atoms with Gasteiger partial charge in [0.1, 0.15) is 0 Å². The lowest BCUT2D eigenvalue weighted by molar-refractivity contribution is 0.321. The molecule has 0 saturated heterocycles. The number of alkyl halides is 1. The maximum atomic E-state index is 14.2. The Kier molecular flexibility index (Phi) is 6.10. The van der Waals surface area contributed by atoms with Crippen molar-refractivity contribution in [2.24, 2.45) is 5.92 Å². The number of hydrogen-bond donors (Lipinski definition) is 0. The Morgan fingerprint density at radius 2 is 1.64 bits per heavy atom. The Hall–Kier alpha value is -1.42. The summed E-state index contributed by atoms with van der Waals surface area (Å²) in [5.74, 6) is -0.445. The van der Waals surface area contributed by atoms with Gasteiger partial charge in [0, 0.05) is 10.9 Å². The number of rotatable bonds is 5. The Labute approximate surface area is 156 Å². The van der Waals surface area contributed by atoms with E-state index in [0.717, 1.165) is 11.2 Å². The molecule has 25 heavy (non-hydrogen) atoms. The minimum Gasteiger partial charge on any atom is -0.494 e. The lowest BCUT2D eigenvalue weighted by atomic mass is 9.77. The van der Waals surface area contributed by atoms with Gasteiger partial charge in [-0.3, -0.25) is 0 Å². The van der Waals surface area contributed by atoms with Gasteiger partial charge in [-0.1, -0.05) is 40.2 Å². The van der Waals surface area contributed by atoms with Crippen molar-refractivity contribution >= 4 is 15.9 Å². The van der Waals surface area contributed by atoms with Crippen LogP contribution < -0.4 is 4.74 Å². The second-order valence-electron chi connectivity index (χ2n) is 6.76. The third kappa shape index (κ3) is 4.05. The molecule has 1 saturated carbocycles. The first-order chi connectivity index (χ1) is 12.1. The molecule has 1 fully saturated rings. The third-order valence-electron chi connectivity index (χ3n) is 5.32. The Morgan fingerprint density at radius 1 is 0.960 bits per heavy atom. The molecule has 0 aliphatic heterocycles. The molecule has 1 nitrogen and oxygen atoms in total. The second kappa shape index (κ2) is 8.31. The summed E-state index contributed by atoms with van der Waals surface area (Å²) in [6.45, 7) is 0. The first kappa shape index (κ1) is 18.4. The van der Waals surface area contributed by atoms with Gasteiger partial charge in [-0.2, -0.15) is 4.39 Å². The molecule has 0 radical (unpaired) electrons. The van der Waals surface area contributed by atoms with Crippen molar-refractivity contribution < 1.29 is 13.5 Å². The van der Waals surface area contributed by atoms with E-state index in [4.69, 9.17) is 4.74 Å². The maximum Gasteiger partial charge on any atom is 0.201 e. The van der Waals surface area contributed by atoms with Crippen molar-refractivity contribution in [2.45, 2.75) is 38.0 Å². The molecule has 2 aromatic carbocycles. The fourth-order valence-corrected chi connectivity index (χ4v) is 4.43. The lowest BCUT2D eigenvalue weighted by Gasteiger charge is -2.28. The molecular weight excluding hydrogens is 386 g/mol. The van der Waals surface area contributed by atoms with E-state index in [0.29, 0.717) is 11.5 Å². The molecule has 134 valence electrons. The van der Waals surface area contributed by atoms with Crippen LogP contribution in [0.25, 0.3) is 11.1 Å². The normalized spacial score (nSPS) is 20.5. The summed E-state index contributed by atoms with van der Waals surface area (Å²) in [7, 11) is 1.33. The summed E-state index contributed by atoms with van der Waals surface area (Å²) in [5, 5.41) is 1.08. The van der Waals surface area contributed by atoms with E-state index in [1.54, 1.807) is 6.07 Å². The fraction of sp³-hybridized carbons (Fsp3) is 0.429. The Bertz CT molecular complexity index is 707. The van der Waals surface area contributed by atoms with Gasteiger partial charge in [0.2, 0.25) is 5.82 Å². The van der Waals surface area contributed by atoms with Crippen LogP contribution in [0.4, 0.5) is 8.78 Å². The van der Waals surface area contributed by atoms with Crippen LogP contribution in [-0.4, -0.2) is 12.4 Å². The molecule has 1 aliphatic carbocycles. The van der Waals surface area contributed by atoms with Crippen molar-refractivity contribution in [3.63, 3.8) is 0 Å². The monoisotopic (exact) mass is 408 g/mol.